The molecule has 1 amide bonds. The molecule has 8 nitrogen and oxygen atoms in total. The quantitative estimate of drug-likeness (QED) is 0.359. The van der Waals surface area contributed by atoms with Crippen molar-refractivity contribution < 1.29 is 42.8 Å². The third kappa shape index (κ3) is 4.98. The van der Waals surface area contributed by atoms with Gasteiger partial charge in [-0.05, 0) is 43.7 Å². The van der Waals surface area contributed by atoms with Gasteiger partial charge in [0.05, 0.1) is 42.5 Å². The molecule has 1 aromatic heterocycles. The molecule has 0 saturated heterocycles. The molecule has 37 heavy (non-hydrogen) atoms. The van der Waals surface area contributed by atoms with E-state index in [1.807, 2.05) is 0 Å². The Morgan fingerprint density at radius 1 is 1.08 bits per heavy atom. The molecule has 0 saturated carbocycles. The number of ether oxygens (including phenoxy) is 2. The molecule has 0 spiro atoms. The summed E-state index contributed by atoms with van der Waals surface area (Å²) in [4.78, 5) is 13.2. The fourth-order valence-corrected chi connectivity index (χ4v) is 4.23. The third-order valence-electron chi connectivity index (χ3n) is 6.62. The Bertz CT molecular complexity index is 1350. The fourth-order valence-electron chi connectivity index (χ4n) is 4.23. The molecule has 0 radical (unpaired) electrons. The normalized spacial score (nSPS) is 15.7. The van der Waals surface area contributed by atoms with Crippen molar-refractivity contribution in [3.63, 3.8) is 0 Å². The fraction of sp³-hybridized carbons (Fsp3) is 0.423. The van der Waals surface area contributed by atoms with Gasteiger partial charge in [0.2, 0.25) is 5.91 Å². The number of hydrogen-bond donors (Lipinski definition) is 4. The number of carbonyl (C=O) groups excluding carboxylic acids is 1. The van der Waals surface area contributed by atoms with Crippen molar-refractivity contribution in [1.82, 2.24) is 4.57 Å². The van der Waals surface area contributed by atoms with Crippen LogP contribution in [0.2, 0.25) is 0 Å². The lowest BCUT2D eigenvalue weighted by Gasteiger charge is -2.25. The molecule has 4 rings (SSSR count). The number of amides is 1. The SMILES string of the molecule is CC(C)(CO)c1cc2cc(NC(=O)C(C)(C)c3ccc4c(c3)OC(F)(F)O4)c(F)cc2n1CC(O)CO. The average Bonchev–Trinajstić information content (AvgIpc) is 3.33. The molecule has 11 heteroatoms. The number of aromatic nitrogens is 1. The highest BCUT2D eigenvalue weighted by Crippen LogP contribution is 2.43. The zero-order chi connectivity index (χ0) is 27.3. The van der Waals surface area contributed by atoms with E-state index in [4.69, 9.17) is 0 Å². The number of fused-ring (bicyclic) bond motifs is 2. The summed E-state index contributed by atoms with van der Waals surface area (Å²) in [6, 6.07) is 8.40. The van der Waals surface area contributed by atoms with Crippen LogP contribution in [0.3, 0.4) is 0 Å². The number of alkyl halides is 2. The maximum Gasteiger partial charge on any atom is 0.586 e. The van der Waals surface area contributed by atoms with Crippen LogP contribution in [0, 0.1) is 5.82 Å². The minimum Gasteiger partial charge on any atom is -0.395 e. The summed E-state index contributed by atoms with van der Waals surface area (Å²) in [5.74, 6) is -1.70. The lowest BCUT2D eigenvalue weighted by Crippen LogP contribution is -2.35. The van der Waals surface area contributed by atoms with Crippen molar-refractivity contribution in [3.05, 3.63) is 53.5 Å². The van der Waals surface area contributed by atoms with Gasteiger partial charge in [0, 0.05) is 22.6 Å². The standard InChI is InChI=1S/C26H29F3N2O6/c1-24(2,13-33)22-8-14-7-18(17(27)10-19(14)31(22)11-16(34)12-32)30-23(35)25(3,4)15-5-6-20-21(9-15)37-26(28,29)36-20/h5-10,16,32-34H,11-13H2,1-4H3,(H,30,35). The molecule has 0 fully saturated rings. The Morgan fingerprint density at radius 2 is 1.76 bits per heavy atom. The van der Waals surface area contributed by atoms with Gasteiger partial charge in [0.15, 0.2) is 11.5 Å². The summed E-state index contributed by atoms with van der Waals surface area (Å²) in [5.41, 5.74) is -0.743. The van der Waals surface area contributed by atoms with E-state index in [1.54, 1.807) is 38.3 Å². The van der Waals surface area contributed by atoms with E-state index < -0.39 is 41.6 Å². The van der Waals surface area contributed by atoms with Gasteiger partial charge in [-0.15, -0.1) is 8.78 Å². The Morgan fingerprint density at radius 3 is 2.41 bits per heavy atom. The van der Waals surface area contributed by atoms with Crippen molar-refractivity contribution in [3.8, 4) is 11.5 Å². The second kappa shape index (κ2) is 9.23. The molecule has 4 N–H and O–H groups in total. The van der Waals surface area contributed by atoms with Gasteiger partial charge in [0.1, 0.15) is 5.82 Å². The number of nitrogens with one attached hydrogen (secondary N) is 1. The number of aliphatic hydroxyl groups excluding tert-OH is 3. The summed E-state index contributed by atoms with van der Waals surface area (Å²) in [7, 11) is 0. The number of carbonyl (C=O) groups is 1. The van der Waals surface area contributed by atoms with E-state index in [2.05, 4.69) is 14.8 Å². The van der Waals surface area contributed by atoms with E-state index >= 15 is 4.39 Å². The predicted octanol–water partition coefficient (Wildman–Crippen LogP) is 3.64. The van der Waals surface area contributed by atoms with Crippen molar-refractivity contribution in [1.29, 1.82) is 0 Å². The molecule has 1 unspecified atom stereocenters. The minimum absolute atomic E-state index is 0.0277. The molecular formula is C26H29F3N2O6. The minimum atomic E-state index is -3.79. The van der Waals surface area contributed by atoms with Crippen molar-refractivity contribution in [2.24, 2.45) is 0 Å². The highest BCUT2D eigenvalue weighted by atomic mass is 19.3. The zero-order valence-corrected chi connectivity index (χ0v) is 20.8. The number of benzene rings is 2. The monoisotopic (exact) mass is 522 g/mol. The highest BCUT2D eigenvalue weighted by molar-refractivity contribution is 6.00. The van der Waals surface area contributed by atoms with Gasteiger partial charge in [-0.3, -0.25) is 4.79 Å². The largest absolute Gasteiger partial charge is 0.586 e. The zero-order valence-electron chi connectivity index (χ0n) is 20.8. The Balaban J connectivity index is 1.67. The number of aliphatic hydroxyl groups is 3. The number of anilines is 1. The Kier molecular flexibility index (Phi) is 6.68. The van der Waals surface area contributed by atoms with E-state index in [0.29, 0.717) is 22.2 Å². The average molecular weight is 523 g/mol. The van der Waals surface area contributed by atoms with E-state index in [0.717, 1.165) is 0 Å². The number of hydrogen-bond acceptors (Lipinski definition) is 6. The molecular weight excluding hydrogens is 493 g/mol. The van der Waals surface area contributed by atoms with E-state index in [1.165, 1.54) is 30.3 Å². The molecule has 1 aliphatic rings. The van der Waals surface area contributed by atoms with Gasteiger partial charge in [0.25, 0.3) is 0 Å². The van der Waals surface area contributed by atoms with Crippen LogP contribution in [0.5, 0.6) is 11.5 Å². The molecule has 0 aliphatic carbocycles. The van der Waals surface area contributed by atoms with Crippen LogP contribution in [0.25, 0.3) is 10.9 Å². The van der Waals surface area contributed by atoms with Crippen molar-refractivity contribution in [2.45, 2.75) is 57.5 Å². The molecule has 1 aliphatic heterocycles. The highest BCUT2D eigenvalue weighted by Gasteiger charge is 2.44. The van der Waals surface area contributed by atoms with Crippen LogP contribution in [-0.4, -0.2) is 51.4 Å². The second-order valence-electron chi connectivity index (χ2n) is 10.3. The smallest absolute Gasteiger partial charge is 0.395 e. The maximum atomic E-state index is 15.2. The summed E-state index contributed by atoms with van der Waals surface area (Å²) in [6.07, 6.45) is -4.90. The predicted molar refractivity (Wildman–Crippen MR) is 129 cm³/mol. The first-order chi connectivity index (χ1) is 17.2. The summed E-state index contributed by atoms with van der Waals surface area (Å²) in [6.45, 7) is 5.94. The molecule has 2 aromatic carbocycles. The first-order valence-corrected chi connectivity index (χ1v) is 11.6. The number of nitrogens with zero attached hydrogens (tertiary/aromatic N) is 1. The van der Waals surface area contributed by atoms with E-state index in [9.17, 15) is 28.9 Å². The van der Waals surface area contributed by atoms with Crippen molar-refractivity contribution >= 4 is 22.5 Å². The first kappa shape index (κ1) is 26.8. The van der Waals surface area contributed by atoms with Crippen LogP contribution in [0.4, 0.5) is 18.9 Å². The van der Waals surface area contributed by atoms with Crippen LogP contribution in [-0.2, 0) is 22.2 Å². The van der Waals surface area contributed by atoms with Crippen molar-refractivity contribution in [2.75, 3.05) is 18.5 Å². The van der Waals surface area contributed by atoms with E-state index in [-0.39, 0.29) is 30.3 Å². The maximum absolute atomic E-state index is 15.2. The van der Waals surface area contributed by atoms with Gasteiger partial charge in [-0.25, -0.2) is 4.39 Å². The molecule has 3 aromatic rings. The summed E-state index contributed by atoms with van der Waals surface area (Å²) < 4.78 is 52.5. The number of halogens is 3. The summed E-state index contributed by atoms with van der Waals surface area (Å²) in [5, 5.41) is 32.4. The van der Waals surface area contributed by atoms with Crippen LogP contribution >= 0.6 is 0 Å². The number of rotatable bonds is 8. The molecule has 0 bridgehead atoms. The third-order valence-corrected chi connectivity index (χ3v) is 6.62. The molecule has 1 atom stereocenters. The van der Waals surface area contributed by atoms with Gasteiger partial charge in [-0.2, -0.15) is 0 Å². The first-order valence-electron chi connectivity index (χ1n) is 11.6. The molecule has 2 heterocycles. The topological polar surface area (TPSA) is 113 Å². The van der Waals surface area contributed by atoms with Gasteiger partial charge >= 0.3 is 6.29 Å². The van der Waals surface area contributed by atoms with Gasteiger partial charge in [-0.1, -0.05) is 19.9 Å². The summed E-state index contributed by atoms with van der Waals surface area (Å²) >= 11 is 0. The Labute approximate surface area is 211 Å². The molecule has 200 valence electrons. The second-order valence-corrected chi connectivity index (χ2v) is 10.3. The lowest BCUT2D eigenvalue weighted by molar-refractivity contribution is -0.286. The Hall–Kier alpha value is -3.28. The van der Waals surface area contributed by atoms with Crippen LogP contribution in [0.15, 0.2) is 36.4 Å². The van der Waals surface area contributed by atoms with Crippen LogP contribution in [0.1, 0.15) is 39.0 Å². The van der Waals surface area contributed by atoms with Gasteiger partial charge < -0.3 is 34.7 Å². The lowest BCUT2D eigenvalue weighted by atomic mass is 9.83. The van der Waals surface area contributed by atoms with Crippen LogP contribution < -0.4 is 14.8 Å².